The first-order chi connectivity index (χ1) is 5.61. The van der Waals surface area contributed by atoms with Gasteiger partial charge in [-0.05, 0) is 33.4 Å². The van der Waals surface area contributed by atoms with Crippen LogP contribution in [0.4, 0.5) is 0 Å². The Labute approximate surface area is 85.5 Å². The minimum Gasteiger partial charge on any atom is -0.481 e. The molecule has 2 unspecified atom stereocenters. The van der Waals surface area contributed by atoms with Crippen molar-refractivity contribution in [3.8, 4) is 0 Å². The third kappa shape index (κ3) is 3.53. The summed E-state index contributed by atoms with van der Waals surface area (Å²) in [6.07, 6.45) is 3.89. The predicted octanol–water partition coefficient (Wildman–Crippen LogP) is 1.61. The summed E-state index contributed by atoms with van der Waals surface area (Å²) in [7, 11) is 4.05. The van der Waals surface area contributed by atoms with Crippen molar-refractivity contribution in [1.29, 1.82) is 0 Å². The van der Waals surface area contributed by atoms with Crippen molar-refractivity contribution in [3.05, 3.63) is 0 Å². The van der Waals surface area contributed by atoms with Crippen molar-refractivity contribution < 1.29 is 9.90 Å². The Bertz CT molecular complexity index is 173. The van der Waals surface area contributed by atoms with Gasteiger partial charge in [-0.25, -0.2) is 0 Å². The molecular weight excluding hydrogens is 190 g/mol. The van der Waals surface area contributed by atoms with Gasteiger partial charge in [-0.2, -0.15) is 0 Å². The van der Waals surface area contributed by atoms with Crippen molar-refractivity contribution in [2.45, 2.75) is 31.7 Å². The first-order valence-electron chi connectivity index (χ1n) is 4.50. The van der Waals surface area contributed by atoms with Gasteiger partial charge in [-0.3, -0.25) is 4.79 Å². The molecule has 1 N–H and O–H groups in total. The number of halogens is 1. The second kappa shape index (κ2) is 5.45. The van der Waals surface area contributed by atoms with E-state index in [0.29, 0.717) is 6.04 Å². The molecular formula is C9H18ClNO2. The summed E-state index contributed by atoms with van der Waals surface area (Å²) in [5, 5.41) is 8.82. The predicted molar refractivity (Wildman–Crippen MR) is 54.3 cm³/mol. The van der Waals surface area contributed by atoms with E-state index in [2.05, 4.69) is 4.90 Å². The lowest BCUT2D eigenvalue weighted by atomic mass is 9.85. The van der Waals surface area contributed by atoms with Gasteiger partial charge < -0.3 is 10.0 Å². The van der Waals surface area contributed by atoms with Gasteiger partial charge >= 0.3 is 5.97 Å². The standard InChI is InChI=1S/C9H17NO2.ClH/c1-10(2)8-5-3-4-7(6-8)9(11)12;/h7-8H,3-6H2,1-2H3,(H,11,12);1H. The smallest absolute Gasteiger partial charge is 0.306 e. The molecule has 0 heterocycles. The number of rotatable bonds is 2. The number of aliphatic carboxylic acids is 1. The lowest BCUT2D eigenvalue weighted by molar-refractivity contribution is -0.143. The number of nitrogens with zero attached hydrogens (tertiary/aromatic N) is 1. The zero-order valence-corrected chi connectivity index (χ0v) is 9.01. The highest BCUT2D eigenvalue weighted by molar-refractivity contribution is 5.85. The Morgan fingerprint density at radius 2 is 2.00 bits per heavy atom. The minimum absolute atomic E-state index is 0. The van der Waals surface area contributed by atoms with Gasteiger partial charge in [-0.15, -0.1) is 12.4 Å². The molecule has 4 heteroatoms. The summed E-state index contributed by atoms with van der Waals surface area (Å²) in [5.74, 6) is -0.729. The monoisotopic (exact) mass is 207 g/mol. The molecule has 0 aromatic heterocycles. The van der Waals surface area contributed by atoms with E-state index in [4.69, 9.17) is 5.11 Å². The van der Waals surface area contributed by atoms with Crippen LogP contribution in [0, 0.1) is 5.92 Å². The van der Waals surface area contributed by atoms with Crippen LogP contribution in [-0.2, 0) is 4.79 Å². The zero-order chi connectivity index (χ0) is 9.14. The molecule has 0 saturated heterocycles. The Balaban J connectivity index is 0.00000144. The minimum atomic E-state index is -0.624. The fourth-order valence-corrected chi connectivity index (χ4v) is 1.86. The van der Waals surface area contributed by atoms with Crippen LogP contribution in [0.3, 0.4) is 0 Å². The molecule has 1 rings (SSSR count). The van der Waals surface area contributed by atoms with Gasteiger partial charge in [0.05, 0.1) is 5.92 Å². The first kappa shape index (κ1) is 12.7. The molecule has 78 valence electrons. The largest absolute Gasteiger partial charge is 0.481 e. The van der Waals surface area contributed by atoms with Crippen LogP contribution in [0.15, 0.2) is 0 Å². The number of carboxylic acids is 1. The summed E-state index contributed by atoms with van der Waals surface area (Å²) in [6, 6.07) is 0.472. The topological polar surface area (TPSA) is 40.5 Å². The molecule has 1 saturated carbocycles. The molecule has 3 nitrogen and oxygen atoms in total. The van der Waals surface area contributed by atoms with Gasteiger partial charge in [0.25, 0.3) is 0 Å². The maximum Gasteiger partial charge on any atom is 0.306 e. The first-order valence-corrected chi connectivity index (χ1v) is 4.50. The lowest BCUT2D eigenvalue weighted by Gasteiger charge is -2.31. The van der Waals surface area contributed by atoms with E-state index in [1.165, 1.54) is 0 Å². The third-order valence-corrected chi connectivity index (χ3v) is 2.73. The van der Waals surface area contributed by atoms with Crippen molar-refractivity contribution in [1.82, 2.24) is 4.90 Å². The van der Waals surface area contributed by atoms with E-state index in [0.717, 1.165) is 25.7 Å². The average molecular weight is 208 g/mol. The van der Waals surface area contributed by atoms with Crippen LogP contribution < -0.4 is 0 Å². The third-order valence-electron chi connectivity index (χ3n) is 2.73. The Hall–Kier alpha value is -0.280. The Morgan fingerprint density at radius 3 is 2.46 bits per heavy atom. The van der Waals surface area contributed by atoms with Crippen LogP contribution in [0.1, 0.15) is 25.7 Å². The summed E-state index contributed by atoms with van der Waals surface area (Å²) in [4.78, 5) is 12.8. The molecule has 1 aliphatic rings. The van der Waals surface area contributed by atoms with Crippen molar-refractivity contribution in [2.75, 3.05) is 14.1 Å². The van der Waals surface area contributed by atoms with E-state index >= 15 is 0 Å². The van der Waals surface area contributed by atoms with E-state index < -0.39 is 5.97 Å². The van der Waals surface area contributed by atoms with Crippen molar-refractivity contribution in [3.63, 3.8) is 0 Å². The molecule has 1 aliphatic carbocycles. The molecule has 0 aromatic rings. The van der Waals surface area contributed by atoms with Crippen LogP contribution in [0.2, 0.25) is 0 Å². The Kier molecular flexibility index (Phi) is 5.33. The van der Waals surface area contributed by atoms with E-state index in [1.54, 1.807) is 0 Å². The SMILES string of the molecule is CN(C)C1CCCC(C(=O)O)C1.Cl. The van der Waals surface area contributed by atoms with E-state index in [9.17, 15) is 4.79 Å². The summed E-state index contributed by atoms with van der Waals surface area (Å²) >= 11 is 0. The van der Waals surface area contributed by atoms with Crippen LogP contribution in [0.5, 0.6) is 0 Å². The normalized spacial score (nSPS) is 28.2. The molecule has 0 aromatic carbocycles. The maximum atomic E-state index is 10.7. The second-order valence-electron chi connectivity index (χ2n) is 3.82. The summed E-state index contributed by atoms with van der Waals surface area (Å²) in [6.45, 7) is 0. The number of hydrogen-bond acceptors (Lipinski definition) is 2. The highest BCUT2D eigenvalue weighted by Gasteiger charge is 2.27. The Morgan fingerprint density at radius 1 is 1.38 bits per heavy atom. The molecule has 1 fully saturated rings. The fourth-order valence-electron chi connectivity index (χ4n) is 1.86. The van der Waals surface area contributed by atoms with E-state index in [1.807, 2.05) is 14.1 Å². The summed E-state index contributed by atoms with van der Waals surface area (Å²) < 4.78 is 0. The van der Waals surface area contributed by atoms with E-state index in [-0.39, 0.29) is 18.3 Å². The average Bonchev–Trinajstić information content (AvgIpc) is 2.04. The maximum absolute atomic E-state index is 10.7. The van der Waals surface area contributed by atoms with Crippen molar-refractivity contribution in [2.24, 2.45) is 5.92 Å². The molecule has 0 aliphatic heterocycles. The molecule has 2 atom stereocenters. The fraction of sp³-hybridized carbons (Fsp3) is 0.889. The number of hydrogen-bond donors (Lipinski definition) is 1. The molecule has 0 radical (unpaired) electrons. The molecule has 0 amide bonds. The van der Waals surface area contributed by atoms with Crippen LogP contribution in [-0.4, -0.2) is 36.1 Å². The van der Waals surface area contributed by atoms with Gasteiger partial charge in [0.1, 0.15) is 0 Å². The van der Waals surface area contributed by atoms with Crippen LogP contribution in [0.25, 0.3) is 0 Å². The second-order valence-corrected chi connectivity index (χ2v) is 3.82. The highest BCUT2D eigenvalue weighted by atomic mass is 35.5. The lowest BCUT2D eigenvalue weighted by Crippen LogP contribution is -2.35. The van der Waals surface area contributed by atoms with Crippen molar-refractivity contribution >= 4 is 18.4 Å². The number of carboxylic acid groups (broad SMARTS) is 1. The molecule has 13 heavy (non-hydrogen) atoms. The summed E-state index contributed by atoms with van der Waals surface area (Å²) in [5.41, 5.74) is 0. The number of carbonyl (C=O) groups is 1. The molecule has 0 spiro atoms. The van der Waals surface area contributed by atoms with Gasteiger partial charge in [0.2, 0.25) is 0 Å². The highest BCUT2D eigenvalue weighted by Crippen LogP contribution is 2.26. The van der Waals surface area contributed by atoms with Gasteiger partial charge in [-0.1, -0.05) is 6.42 Å². The zero-order valence-electron chi connectivity index (χ0n) is 8.19. The molecule has 0 bridgehead atoms. The van der Waals surface area contributed by atoms with Gasteiger partial charge in [0.15, 0.2) is 0 Å². The van der Waals surface area contributed by atoms with Crippen LogP contribution >= 0.6 is 12.4 Å². The quantitative estimate of drug-likeness (QED) is 0.748. The van der Waals surface area contributed by atoms with Gasteiger partial charge in [0, 0.05) is 6.04 Å².